The predicted octanol–water partition coefficient (Wildman–Crippen LogP) is 3.01. The quantitative estimate of drug-likeness (QED) is 0.795. The molecule has 1 aliphatic carbocycles. The highest BCUT2D eigenvalue weighted by atomic mass is 16.3. The lowest BCUT2D eigenvalue weighted by atomic mass is 10.2. The predicted molar refractivity (Wildman–Crippen MR) is 66.4 cm³/mol. The fourth-order valence-corrected chi connectivity index (χ4v) is 2.13. The van der Waals surface area contributed by atoms with Crippen LogP contribution in [0.25, 0.3) is 0 Å². The summed E-state index contributed by atoms with van der Waals surface area (Å²) in [7, 11) is 0. The van der Waals surface area contributed by atoms with Crippen LogP contribution in [-0.2, 0) is 6.54 Å². The molecule has 0 bridgehead atoms. The Hall–Kier alpha value is -1.02. The van der Waals surface area contributed by atoms with E-state index in [1.54, 1.807) is 6.07 Å². The molecule has 16 heavy (non-hydrogen) atoms. The Bertz CT molecular complexity index is 333. The summed E-state index contributed by atoms with van der Waals surface area (Å²) in [5.74, 6) is 1.31. The largest absolute Gasteiger partial charge is 0.508 e. The van der Waals surface area contributed by atoms with Crippen molar-refractivity contribution in [2.24, 2.45) is 5.92 Å². The number of phenolic OH excluding ortho intramolecular Hbond substituents is 1. The standard InChI is InChI=1S/C14H21NO/c1-2-8-15(10-12-6-7-12)11-13-4-3-5-14(16)9-13/h3-5,9,12,16H,2,6-8,10-11H2,1H3. The third-order valence-corrected chi connectivity index (χ3v) is 3.07. The van der Waals surface area contributed by atoms with Crippen molar-refractivity contribution in [3.05, 3.63) is 29.8 Å². The third kappa shape index (κ3) is 3.53. The van der Waals surface area contributed by atoms with Gasteiger partial charge in [-0.25, -0.2) is 0 Å². The maximum absolute atomic E-state index is 9.43. The van der Waals surface area contributed by atoms with Gasteiger partial charge in [-0.05, 0) is 49.4 Å². The van der Waals surface area contributed by atoms with Gasteiger partial charge in [-0.1, -0.05) is 19.1 Å². The Morgan fingerprint density at radius 2 is 2.19 bits per heavy atom. The number of aromatic hydroxyl groups is 1. The molecule has 0 heterocycles. The van der Waals surface area contributed by atoms with E-state index >= 15 is 0 Å². The molecule has 1 fully saturated rings. The lowest BCUT2D eigenvalue weighted by Crippen LogP contribution is -2.26. The number of benzene rings is 1. The zero-order chi connectivity index (χ0) is 11.4. The van der Waals surface area contributed by atoms with E-state index < -0.39 is 0 Å². The zero-order valence-electron chi connectivity index (χ0n) is 10.0. The molecule has 1 aliphatic rings. The third-order valence-electron chi connectivity index (χ3n) is 3.07. The van der Waals surface area contributed by atoms with E-state index in [0.29, 0.717) is 5.75 Å². The first kappa shape index (κ1) is 11.5. The van der Waals surface area contributed by atoms with Crippen molar-refractivity contribution in [1.82, 2.24) is 4.90 Å². The summed E-state index contributed by atoms with van der Waals surface area (Å²) in [6.07, 6.45) is 4.01. The van der Waals surface area contributed by atoms with Crippen LogP contribution in [0.3, 0.4) is 0 Å². The SMILES string of the molecule is CCCN(Cc1cccc(O)c1)CC1CC1. The molecular formula is C14H21NO. The molecule has 1 aromatic carbocycles. The minimum atomic E-state index is 0.375. The molecule has 1 N–H and O–H groups in total. The van der Waals surface area contributed by atoms with Gasteiger partial charge in [0.15, 0.2) is 0 Å². The molecule has 2 nitrogen and oxygen atoms in total. The first-order valence-corrected chi connectivity index (χ1v) is 6.28. The van der Waals surface area contributed by atoms with E-state index in [0.717, 1.165) is 19.0 Å². The molecule has 0 atom stereocenters. The van der Waals surface area contributed by atoms with Crippen molar-refractivity contribution >= 4 is 0 Å². The van der Waals surface area contributed by atoms with Crippen LogP contribution in [-0.4, -0.2) is 23.1 Å². The Morgan fingerprint density at radius 1 is 1.38 bits per heavy atom. The first-order valence-electron chi connectivity index (χ1n) is 6.28. The van der Waals surface area contributed by atoms with Crippen molar-refractivity contribution in [3.8, 4) is 5.75 Å². The minimum Gasteiger partial charge on any atom is -0.508 e. The number of hydrogen-bond acceptors (Lipinski definition) is 2. The van der Waals surface area contributed by atoms with Crippen molar-refractivity contribution in [1.29, 1.82) is 0 Å². The van der Waals surface area contributed by atoms with Crippen LogP contribution in [0.2, 0.25) is 0 Å². The van der Waals surface area contributed by atoms with Crippen LogP contribution in [0.15, 0.2) is 24.3 Å². The summed E-state index contributed by atoms with van der Waals surface area (Å²) in [5, 5.41) is 9.43. The Morgan fingerprint density at radius 3 is 2.81 bits per heavy atom. The van der Waals surface area contributed by atoms with Crippen molar-refractivity contribution in [2.45, 2.75) is 32.7 Å². The Labute approximate surface area is 97.9 Å². The molecular weight excluding hydrogens is 198 g/mol. The fourth-order valence-electron chi connectivity index (χ4n) is 2.13. The molecule has 0 aliphatic heterocycles. The van der Waals surface area contributed by atoms with Gasteiger partial charge in [-0.2, -0.15) is 0 Å². The summed E-state index contributed by atoms with van der Waals surface area (Å²) in [6, 6.07) is 7.62. The lowest BCUT2D eigenvalue weighted by Gasteiger charge is -2.21. The molecule has 0 radical (unpaired) electrons. The molecule has 88 valence electrons. The summed E-state index contributed by atoms with van der Waals surface area (Å²) in [5.41, 5.74) is 1.22. The summed E-state index contributed by atoms with van der Waals surface area (Å²) in [4.78, 5) is 2.51. The van der Waals surface area contributed by atoms with E-state index in [4.69, 9.17) is 0 Å². The van der Waals surface area contributed by atoms with E-state index in [9.17, 15) is 5.11 Å². The lowest BCUT2D eigenvalue weighted by molar-refractivity contribution is 0.255. The van der Waals surface area contributed by atoms with Crippen LogP contribution < -0.4 is 0 Å². The minimum absolute atomic E-state index is 0.375. The molecule has 2 heteroatoms. The zero-order valence-corrected chi connectivity index (χ0v) is 10.0. The van der Waals surface area contributed by atoms with Crippen LogP contribution in [0.4, 0.5) is 0 Å². The van der Waals surface area contributed by atoms with Gasteiger partial charge in [0.1, 0.15) is 5.75 Å². The highest BCUT2D eigenvalue weighted by Crippen LogP contribution is 2.30. The van der Waals surface area contributed by atoms with Gasteiger partial charge >= 0.3 is 0 Å². The van der Waals surface area contributed by atoms with Crippen LogP contribution in [0.1, 0.15) is 31.7 Å². The first-order chi connectivity index (χ1) is 7.78. The molecule has 0 spiro atoms. The van der Waals surface area contributed by atoms with Crippen molar-refractivity contribution < 1.29 is 5.11 Å². The van der Waals surface area contributed by atoms with Gasteiger partial charge in [0.2, 0.25) is 0 Å². The maximum Gasteiger partial charge on any atom is 0.115 e. The molecule has 1 saturated carbocycles. The van der Waals surface area contributed by atoms with E-state index in [1.165, 1.54) is 31.4 Å². The normalized spacial score (nSPS) is 15.6. The maximum atomic E-state index is 9.43. The Kier molecular flexibility index (Phi) is 3.83. The summed E-state index contributed by atoms with van der Waals surface area (Å²) < 4.78 is 0. The highest BCUT2D eigenvalue weighted by Gasteiger charge is 2.23. The number of hydrogen-bond donors (Lipinski definition) is 1. The second-order valence-corrected chi connectivity index (χ2v) is 4.85. The number of rotatable bonds is 6. The molecule has 1 aromatic rings. The van der Waals surface area contributed by atoms with Gasteiger partial charge in [-0.15, -0.1) is 0 Å². The summed E-state index contributed by atoms with van der Waals surface area (Å²) >= 11 is 0. The van der Waals surface area contributed by atoms with Gasteiger partial charge in [-0.3, -0.25) is 4.90 Å². The van der Waals surface area contributed by atoms with Gasteiger partial charge in [0, 0.05) is 13.1 Å². The highest BCUT2D eigenvalue weighted by molar-refractivity contribution is 5.26. The van der Waals surface area contributed by atoms with Crippen molar-refractivity contribution in [2.75, 3.05) is 13.1 Å². The number of nitrogens with zero attached hydrogens (tertiary/aromatic N) is 1. The molecule has 0 unspecified atom stereocenters. The van der Waals surface area contributed by atoms with Crippen LogP contribution in [0.5, 0.6) is 5.75 Å². The molecule has 2 rings (SSSR count). The smallest absolute Gasteiger partial charge is 0.115 e. The van der Waals surface area contributed by atoms with E-state index in [-0.39, 0.29) is 0 Å². The summed E-state index contributed by atoms with van der Waals surface area (Å²) in [6.45, 7) is 5.58. The van der Waals surface area contributed by atoms with Crippen molar-refractivity contribution in [3.63, 3.8) is 0 Å². The van der Waals surface area contributed by atoms with Gasteiger partial charge < -0.3 is 5.11 Å². The molecule has 0 saturated heterocycles. The van der Waals surface area contributed by atoms with Gasteiger partial charge in [0.05, 0.1) is 0 Å². The van der Waals surface area contributed by atoms with E-state index in [2.05, 4.69) is 17.9 Å². The topological polar surface area (TPSA) is 23.5 Å². The van der Waals surface area contributed by atoms with E-state index in [1.807, 2.05) is 12.1 Å². The molecule has 0 aromatic heterocycles. The second-order valence-electron chi connectivity index (χ2n) is 4.85. The monoisotopic (exact) mass is 219 g/mol. The second kappa shape index (κ2) is 5.35. The van der Waals surface area contributed by atoms with Gasteiger partial charge in [0.25, 0.3) is 0 Å². The average Bonchev–Trinajstić information content (AvgIpc) is 3.02. The molecule has 0 amide bonds. The average molecular weight is 219 g/mol. The Balaban J connectivity index is 1.92. The van der Waals surface area contributed by atoms with Crippen LogP contribution in [0, 0.1) is 5.92 Å². The van der Waals surface area contributed by atoms with Crippen LogP contribution >= 0.6 is 0 Å². The number of phenols is 1. The fraction of sp³-hybridized carbons (Fsp3) is 0.571.